The number of fused-ring (bicyclic) bond motifs is 1. The molecule has 0 saturated carbocycles. The van der Waals surface area contributed by atoms with Crippen molar-refractivity contribution in [2.45, 2.75) is 30.3 Å². The van der Waals surface area contributed by atoms with Crippen LogP contribution in [0.5, 0.6) is 0 Å². The summed E-state index contributed by atoms with van der Waals surface area (Å²) in [6.45, 7) is 0. The van der Waals surface area contributed by atoms with Gasteiger partial charge in [-0.2, -0.15) is 0 Å². The third-order valence-corrected chi connectivity index (χ3v) is 4.73. The van der Waals surface area contributed by atoms with E-state index in [-0.39, 0.29) is 6.10 Å². The maximum atomic E-state index is 10.2. The fourth-order valence-corrected chi connectivity index (χ4v) is 3.52. The van der Waals surface area contributed by atoms with E-state index in [1.807, 2.05) is 30.3 Å². The van der Waals surface area contributed by atoms with Gasteiger partial charge in [0, 0.05) is 10.6 Å². The van der Waals surface area contributed by atoms with Gasteiger partial charge in [0.25, 0.3) is 0 Å². The molecule has 0 saturated heterocycles. The SMILES string of the molecule is OC(CSc1ccc2c(c1)CCC2)c1ccccc1. The van der Waals surface area contributed by atoms with E-state index in [2.05, 4.69) is 18.2 Å². The second-order valence-electron chi connectivity index (χ2n) is 5.02. The lowest BCUT2D eigenvalue weighted by Gasteiger charge is -2.11. The van der Waals surface area contributed by atoms with Gasteiger partial charge in [-0.25, -0.2) is 0 Å². The van der Waals surface area contributed by atoms with Crippen LogP contribution >= 0.6 is 11.8 Å². The van der Waals surface area contributed by atoms with Crippen molar-refractivity contribution >= 4 is 11.8 Å². The normalized spacial score (nSPS) is 15.2. The Morgan fingerprint density at radius 1 is 1.00 bits per heavy atom. The van der Waals surface area contributed by atoms with Crippen molar-refractivity contribution in [1.29, 1.82) is 0 Å². The van der Waals surface area contributed by atoms with Gasteiger partial charge in [-0.3, -0.25) is 0 Å². The van der Waals surface area contributed by atoms with Crippen LogP contribution in [0.1, 0.15) is 29.2 Å². The maximum absolute atomic E-state index is 10.2. The molecule has 1 atom stereocenters. The molecule has 0 amide bonds. The molecule has 2 aromatic rings. The Kier molecular flexibility index (Phi) is 3.90. The molecule has 0 spiro atoms. The molecular formula is C17H18OS. The van der Waals surface area contributed by atoms with E-state index >= 15 is 0 Å². The summed E-state index contributed by atoms with van der Waals surface area (Å²) in [4.78, 5) is 1.27. The van der Waals surface area contributed by atoms with E-state index in [9.17, 15) is 5.11 Å². The van der Waals surface area contributed by atoms with E-state index in [1.165, 1.54) is 35.3 Å². The molecule has 0 aromatic heterocycles. The van der Waals surface area contributed by atoms with Crippen LogP contribution < -0.4 is 0 Å². The summed E-state index contributed by atoms with van der Waals surface area (Å²) >= 11 is 1.74. The van der Waals surface area contributed by atoms with E-state index in [4.69, 9.17) is 0 Å². The lowest BCUT2D eigenvalue weighted by atomic mass is 10.1. The molecule has 1 unspecified atom stereocenters. The Hall–Kier alpha value is -1.25. The van der Waals surface area contributed by atoms with E-state index in [0.29, 0.717) is 5.75 Å². The molecule has 0 aliphatic heterocycles. The van der Waals surface area contributed by atoms with Crippen molar-refractivity contribution in [2.24, 2.45) is 0 Å². The molecule has 1 N–H and O–H groups in total. The molecular weight excluding hydrogens is 252 g/mol. The van der Waals surface area contributed by atoms with Gasteiger partial charge in [0.2, 0.25) is 0 Å². The third kappa shape index (κ3) is 3.02. The van der Waals surface area contributed by atoms with Crippen molar-refractivity contribution in [3.63, 3.8) is 0 Å². The Morgan fingerprint density at radius 2 is 1.79 bits per heavy atom. The van der Waals surface area contributed by atoms with Gasteiger partial charge in [-0.15, -0.1) is 11.8 Å². The molecule has 0 bridgehead atoms. The first-order valence-corrected chi connectivity index (χ1v) is 7.79. The van der Waals surface area contributed by atoms with Gasteiger partial charge in [0.1, 0.15) is 0 Å². The second-order valence-corrected chi connectivity index (χ2v) is 6.11. The number of rotatable bonds is 4. The van der Waals surface area contributed by atoms with Gasteiger partial charge in [-0.1, -0.05) is 36.4 Å². The smallest absolute Gasteiger partial charge is 0.0883 e. The lowest BCUT2D eigenvalue weighted by Crippen LogP contribution is -2.00. The zero-order valence-electron chi connectivity index (χ0n) is 10.9. The highest BCUT2D eigenvalue weighted by molar-refractivity contribution is 7.99. The molecule has 0 radical (unpaired) electrons. The zero-order valence-corrected chi connectivity index (χ0v) is 11.7. The summed E-state index contributed by atoms with van der Waals surface area (Å²) in [5, 5.41) is 10.2. The molecule has 1 aliphatic carbocycles. The summed E-state index contributed by atoms with van der Waals surface area (Å²) in [6.07, 6.45) is 3.34. The predicted octanol–water partition coefficient (Wildman–Crippen LogP) is 4.00. The number of hydrogen-bond acceptors (Lipinski definition) is 2. The van der Waals surface area contributed by atoms with E-state index in [0.717, 1.165) is 5.56 Å². The predicted molar refractivity (Wildman–Crippen MR) is 80.6 cm³/mol. The Labute approximate surface area is 118 Å². The van der Waals surface area contributed by atoms with Crippen molar-refractivity contribution in [1.82, 2.24) is 0 Å². The van der Waals surface area contributed by atoms with Crippen LogP contribution in [-0.4, -0.2) is 10.9 Å². The third-order valence-electron chi connectivity index (χ3n) is 3.66. The van der Waals surface area contributed by atoms with Gasteiger partial charge in [0.15, 0.2) is 0 Å². The lowest BCUT2D eigenvalue weighted by molar-refractivity contribution is 0.204. The molecule has 2 heteroatoms. The van der Waals surface area contributed by atoms with Crippen molar-refractivity contribution in [2.75, 3.05) is 5.75 Å². The van der Waals surface area contributed by atoms with Crippen molar-refractivity contribution in [3.05, 3.63) is 65.2 Å². The number of benzene rings is 2. The fraction of sp³-hybridized carbons (Fsp3) is 0.294. The standard InChI is InChI=1S/C17H18OS/c18-17(14-5-2-1-3-6-14)12-19-16-10-9-13-7-4-8-15(13)11-16/h1-3,5-6,9-11,17-18H,4,7-8,12H2. The highest BCUT2D eigenvalue weighted by Crippen LogP contribution is 2.29. The Bertz CT molecular complexity index is 550. The van der Waals surface area contributed by atoms with Crippen LogP contribution in [-0.2, 0) is 12.8 Å². The summed E-state index contributed by atoms with van der Waals surface area (Å²) in [7, 11) is 0. The molecule has 98 valence electrons. The number of aliphatic hydroxyl groups excluding tert-OH is 1. The van der Waals surface area contributed by atoms with Crippen molar-refractivity contribution in [3.8, 4) is 0 Å². The average molecular weight is 270 g/mol. The first-order valence-electron chi connectivity index (χ1n) is 6.80. The zero-order chi connectivity index (χ0) is 13.1. The number of aryl methyl sites for hydroxylation is 2. The quantitative estimate of drug-likeness (QED) is 0.847. The van der Waals surface area contributed by atoms with Crippen LogP contribution in [0.4, 0.5) is 0 Å². The summed E-state index contributed by atoms with van der Waals surface area (Å²) in [5.74, 6) is 0.711. The molecule has 0 heterocycles. The van der Waals surface area contributed by atoms with Gasteiger partial charge in [0.05, 0.1) is 6.10 Å². The monoisotopic (exact) mass is 270 g/mol. The average Bonchev–Trinajstić information content (AvgIpc) is 2.93. The van der Waals surface area contributed by atoms with Gasteiger partial charge < -0.3 is 5.11 Å². The largest absolute Gasteiger partial charge is 0.388 e. The van der Waals surface area contributed by atoms with Gasteiger partial charge in [-0.05, 0) is 48.1 Å². The van der Waals surface area contributed by atoms with Crippen LogP contribution in [0.15, 0.2) is 53.4 Å². The van der Waals surface area contributed by atoms with Crippen LogP contribution in [0.3, 0.4) is 0 Å². The highest BCUT2D eigenvalue weighted by Gasteiger charge is 2.12. The fourth-order valence-electron chi connectivity index (χ4n) is 2.58. The minimum atomic E-state index is -0.389. The number of hydrogen-bond donors (Lipinski definition) is 1. The maximum Gasteiger partial charge on any atom is 0.0883 e. The molecule has 2 aromatic carbocycles. The highest BCUT2D eigenvalue weighted by atomic mass is 32.2. The van der Waals surface area contributed by atoms with E-state index in [1.54, 1.807) is 11.8 Å². The molecule has 19 heavy (non-hydrogen) atoms. The number of aliphatic hydroxyl groups is 1. The van der Waals surface area contributed by atoms with E-state index < -0.39 is 0 Å². The molecule has 1 nitrogen and oxygen atoms in total. The summed E-state index contributed by atoms with van der Waals surface area (Å²) in [5.41, 5.74) is 4.00. The summed E-state index contributed by atoms with van der Waals surface area (Å²) < 4.78 is 0. The molecule has 0 fully saturated rings. The Morgan fingerprint density at radius 3 is 2.63 bits per heavy atom. The van der Waals surface area contributed by atoms with Gasteiger partial charge >= 0.3 is 0 Å². The molecule has 1 aliphatic rings. The minimum absolute atomic E-state index is 0.389. The second kappa shape index (κ2) is 5.81. The first-order chi connectivity index (χ1) is 9.33. The first kappa shape index (κ1) is 12.8. The summed E-state index contributed by atoms with van der Waals surface area (Å²) in [6, 6.07) is 16.6. The minimum Gasteiger partial charge on any atom is -0.388 e. The Balaban J connectivity index is 1.63. The number of thioether (sulfide) groups is 1. The molecule has 3 rings (SSSR count). The van der Waals surface area contributed by atoms with Crippen LogP contribution in [0, 0.1) is 0 Å². The van der Waals surface area contributed by atoms with Crippen LogP contribution in [0.2, 0.25) is 0 Å². The van der Waals surface area contributed by atoms with Crippen LogP contribution in [0.25, 0.3) is 0 Å². The topological polar surface area (TPSA) is 20.2 Å². The van der Waals surface area contributed by atoms with Crippen molar-refractivity contribution < 1.29 is 5.11 Å².